The van der Waals surface area contributed by atoms with Crippen LogP contribution in [0.4, 0.5) is 0 Å². The third-order valence-corrected chi connectivity index (χ3v) is 6.47. The SMILES string of the molecule is COc1cc(C=Nn2c(C(C)C)nc3ccc(Br)cc3c2=O)cc(OC)c1OCc1ccc2c(c1)OCO2. The lowest BCUT2D eigenvalue weighted by Crippen LogP contribution is -2.23. The van der Waals surface area contributed by atoms with Crippen LogP contribution in [0.15, 0.2) is 62.9 Å². The van der Waals surface area contributed by atoms with Crippen molar-refractivity contribution < 1.29 is 23.7 Å². The number of ether oxygens (including phenoxy) is 5. The van der Waals surface area contributed by atoms with Crippen molar-refractivity contribution >= 4 is 33.0 Å². The van der Waals surface area contributed by atoms with E-state index in [4.69, 9.17) is 23.7 Å². The van der Waals surface area contributed by atoms with Crippen LogP contribution < -0.4 is 29.2 Å². The molecule has 1 aliphatic rings. The van der Waals surface area contributed by atoms with Gasteiger partial charge < -0.3 is 23.7 Å². The van der Waals surface area contributed by atoms with Gasteiger partial charge in [-0.25, -0.2) is 4.98 Å². The molecule has 0 unspecified atom stereocenters. The number of methoxy groups -OCH3 is 2. The highest BCUT2D eigenvalue weighted by Crippen LogP contribution is 2.39. The number of rotatable bonds is 8. The second-order valence-corrected chi connectivity index (χ2v) is 9.79. The topological polar surface area (TPSA) is 93.4 Å². The highest BCUT2D eigenvalue weighted by molar-refractivity contribution is 9.10. The van der Waals surface area contributed by atoms with E-state index in [1.165, 1.54) is 4.68 Å². The highest BCUT2D eigenvalue weighted by atomic mass is 79.9. The van der Waals surface area contributed by atoms with E-state index in [1.54, 1.807) is 38.6 Å². The molecule has 9 nitrogen and oxygen atoms in total. The fraction of sp³-hybridized carbons (Fsp3) is 0.250. The Morgan fingerprint density at radius 2 is 1.79 bits per heavy atom. The Bertz CT molecular complexity index is 1570. The summed E-state index contributed by atoms with van der Waals surface area (Å²) in [6.07, 6.45) is 1.57. The Balaban J connectivity index is 1.47. The van der Waals surface area contributed by atoms with E-state index in [1.807, 2.05) is 44.2 Å². The van der Waals surface area contributed by atoms with Crippen LogP contribution in [-0.2, 0) is 6.61 Å². The van der Waals surface area contributed by atoms with Gasteiger partial charge in [-0.3, -0.25) is 4.79 Å². The van der Waals surface area contributed by atoms with E-state index < -0.39 is 0 Å². The molecule has 0 amide bonds. The van der Waals surface area contributed by atoms with Gasteiger partial charge >= 0.3 is 0 Å². The molecular weight excluding hydrogens is 554 g/mol. The Morgan fingerprint density at radius 3 is 2.50 bits per heavy atom. The van der Waals surface area contributed by atoms with Crippen LogP contribution in [0.5, 0.6) is 28.7 Å². The number of benzene rings is 3. The fourth-order valence-electron chi connectivity index (χ4n) is 4.08. The van der Waals surface area contributed by atoms with E-state index >= 15 is 0 Å². The predicted molar refractivity (Wildman–Crippen MR) is 147 cm³/mol. The second-order valence-electron chi connectivity index (χ2n) is 8.88. The Kier molecular flexibility index (Phi) is 7.24. The number of aromatic nitrogens is 2. The van der Waals surface area contributed by atoms with E-state index in [9.17, 15) is 4.79 Å². The molecule has 38 heavy (non-hydrogen) atoms. The van der Waals surface area contributed by atoms with Gasteiger partial charge in [0.1, 0.15) is 12.4 Å². The molecule has 0 bridgehead atoms. The molecule has 3 aromatic carbocycles. The van der Waals surface area contributed by atoms with Gasteiger partial charge in [-0.15, -0.1) is 0 Å². The molecule has 0 N–H and O–H groups in total. The Morgan fingerprint density at radius 1 is 1.05 bits per heavy atom. The lowest BCUT2D eigenvalue weighted by Gasteiger charge is -2.16. The fourth-order valence-corrected chi connectivity index (χ4v) is 4.44. The van der Waals surface area contributed by atoms with Crippen LogP contribution in [0, 0.1) is 0 Å². The second kappa shape index (κ2) is 10.7. The van der Waals surface area contributed by atoms with Crippen LogP contribution in [0.2, 0.25) is 0 Å². The summed E-state index contributed by atoms with van der Waals surface area (Å²) in [5.74, 6) is 3.30. The standard InChI is InChI=1S/C28H26BrN3O6/c1-16(2)27-31-21-7-6-19(29)12-20(21)28(33)32(27)30-13-18-10-24(34-3)26(25(11-18)35-4)36-14-17-5-8-22-23(9-17)38-15-37-22/h5-13,16H,14-15H2,1-4H3. The number of halogens is 1. The van der Waals surface area contributed by atoms with E-state index in [2.05, 4.69) is 26.0 Å². The van der Waals surface area contributed by atoms with Crippen molar-refractivity contribution in [1.29, 1.82) is 0 Å². The maximum absolute atomic E-state index is 13.3. The normalized spacial score (nSPS) is 12.5. The molecule has 1 aromatic heterocycles. The maximum Gasteiger partial charge on any atom is 0.282 e. The first-order chi connectivity index (χ1) is 18.4. The van der Waals surface area contributed by atoms with Gasteiger partial charge in [0.2, 0.25) is 12.5 Å². The van der Waals surface area contributed by atoms with Crippen molar-refractivity contribution in [3.63, 3.8) is 0 Å². The minimum Gasteiger partial charge on any atom is -0.493 e. The quantitative estimate of drug-likeness (QED) is 0.255. The first-order valence-electron chi connectivity index (χ1n) is 11.9. The van der Waals surface area contributed by atoms with Gasteiger partial charge in [0, 0.05) is 16.0 Å². The van der Waals surface area contributed by atoms with Crippen molar-refractivity contribution in [2.24, 2.45) is 5.10 Å². The van der Waals surface area contributed by atoms with Crippen LogP contribution in [0.1, 0.15) is 36.7 Å². The molecular formula is C28H26BrN3O6. The average molecular weight is 580 g/mol. The van der Waals surface area contributed by atoms with Crippen molar-refractivity contribution in [2.75, 3.05) is 21.0 Å². The molecule has 0 aliphatic carbocycles. The molecule has 4 aromatic rings. The molecule has 5 rings (SSSR count). The Labute approximate surface area is 227 Å². The summed E-state index contributed by atoms with van der Waals surface area (Å²) in [6.45, 7) is 4.41. The van der Waals surface area contributed by atoms with Crippen LogP contribution >= 0.6 is 15.9 Å². The van der Waals surface area contributed by atoms with Gasteiger partial charge in [-0.05, 0) is 48.0 Å². The van der Waals surface area contributed by atoms with Crippen molar-refractivity contribution in [3.05, 3.63) is 80.3 Å². The van der Waals surface area contributed by atoms with Crippen LogP contribution in [-0.4, -0.2) is 36.9 Å². The third-order valence-electron chi connectivity index (χ3n) is 5.98. The minimum absolute atomic E-state index is 0.0241. The van der Waals surface area contributed by atoms with Gasteiger partial charge in [0.05, 0.1) is 31.3 Å². The van der Waals surface area contributed by atoms with Crippen LogP contribution in [0.3, 0.4) is 0 Å². The zero-order chi connectivity index (χ0) is 26.8. The molecule has 2 heterocycles. The molecule has 1 aliphatic heterocycles. The monoisotopic (exact) mass is 579 g/mol. The molecule has 196 valence electrons. The van der Waals surface area contributed by atoms with Crippen molar-refractivity contribution in [3.8, 4) is 28.7 Å². The summed E-state index contributed by atoms with van der Waals surface area (Å²) in [5, 5.41) is 4.98. The average Bonchev–Trinajstić information content (AvgIpc) is 3.39. The summed E-state index contributed by atoms with van der Waals surface area (Å²) >= 11 is 3.43. The predicted octanol–water partition coefficient (Wildman–Crippen LogP) is 5.49. The molecule has 10 heteroatoms. The molecule has 0 radical (unpaired) electrons. The lowest BCUT2D eigenvalue weighted by molar-refractivity contribution is 0.174. The summed E-state index contributed by atoms with van der Waals surface area (Å²) in [5.41, 5.74) is 1.93. The molecule has 0 spiro atoms. The molecule has 0 fully saturated rings. The van der Waals surface area contributed by atoms with E-state index in [0.29, 0.717) is 51.0 Å². The van der Waals surface area contributed by atoms with Gasteiger partial charge in [0.15, 0.2) is 23.0 Å². The van der Waals surface area contributed by atoms with E-state index in [-0.39, 0.29) is 24.9 Å². The van der Waals surface area contributed by atoms with Crippen molar-refractivity contribution in [2.45, 2.75) is 26.4 Å². The van der Waals surface area contributed by atoms with Crippen molar-refractivity contribution in [1.82, 2.24) is 9.66 Å². The number of hydrogen-bond donors (Lipinski definition) is 0. The zero-order valence-electron chi connectivity index (χ0n) is 21.4. The summed E-state index contributed by atoms with van der Waals surface area (Å²) < 4.78 is 30.2. The van der Waals surface area contributed by atoms with Crippen LogP contribution in [0.25, 0.3) is 10.9 Å². The van der Waals surface area contributed by atoms with Gasteiger partial charge in [0.25, 0.3) is 5.56 Å². The highest BCUT2D eigenvalue weighted by Gasteiger charge is 2.18. The van der Waals surface area contributed by atoms with Gasteiger partial charge in [-0.1, -0.05) is 35.8 Å². The number of nitrogens with zero attached hydrogens (tertiary/aromatic N) is 3. The first kappa shape index (κ1) is 25.6. The number of hydrogen-bond acceptors (Lipinski definition) is 8. The first-order valence-corrected chi connectivity index (χ1v) is 12.7. The summed E-state index contributed by atoms with van der Waals surface area (Å²) in [6, 6.07) is 14.6. The summed E-state index contributed by atoms with van der Waals surface area (Å²) in [4.78, 5) is 18.0. The van der Waals surface area contributed by atoms with Gasteiger partial charge in [-0.2, -0.15) is 9.78 Å². The smallest absolute Gasteiger partial charge is 0.282 e. The number of fused-ring (bicyclic) bond motifs is 2. The molecule has 0 atom stereocenters. The third kappa shape index (κ3) is 5.04. The Hall–Kier alpha value is -4.05. The van der Waals surface area contributed by atoms with E-state index in [0.717, 1.165) is 10.0 Å². The summed E-state index contributed by atoms with van der Waals surface area (Å²) in [7, 11) is 3.10. The zero-order valence-corrected chi connectivity index (χ0v) is 22.9. The minimum atomic E-state index is -0.251. The molecule has 0 saturated heterocycles. The molecule has 0 saturated carbocycles. The largest absolute Gasteiger partial charge is 0.493 e. The maximum atomic E-state index is 13.3. The lowest BCUT2D eigenvalue weighted by atomic mass is 10.1.